The molecule has 0 bridgehead atoms. The Morgan fingerprint density at radius 1 is 1.33 bits per heavy atom. The molecule has 1 aliphatic rings. The number of nitriles is 1. The molecule has 5 rings (SSSR count). The molecule has 0 spiro atoms. The Labute approximate surface area is 197 Å². The van der Waals surface area contributed by atoms with Crippen LogP contribution in [-0.2, 0) is 19.7 Å². The van der Waals surface area contributed by atoms with Crippen LogP contribution < -0.4 is 5.62 Å². The number of H-pyrrole nitrogens is 1. The third-order valence-electron chi connectivity index (χ3n) is 5.92. The zero-order chi connectivity index (χ0) is 23.0. The third kappa shape index (κ3) is 3.71. The number of halogens is 1. The molecule has 0 unspecified atom stereocenters. The van der Waals surface area contributed by atoms with Gasteiger partial charge in [-0.1, -0.05) is 28.1 Å². The van der Waals surface area contributed by atoms with E-state index in [4.69, 9.17) is 9.47 Å². The van der Waals surface area contributed by atoms with Crippen LogP contribution in [0.4, 0.5) is 0 Å². The highest BCUT2D eigenvalue weighted by atomic mass is 79.9. The number of esters is 1. The molecule has 0 saturated carbocycles. The fourth-order valence-corrected chi connectivity index (χ4v) is 4.67. The summed E-state index contributed by atoms with van der Waals surface area (Å²) in [4.78, 5) is 23.9. The molecule has 33 heavy (non-hydrogen) atoms. The van der Waals surface area contributed by atoms with Crippen molar-refractivity contribution in [3.05, 3.63) is 64.3 Å². The maximum absolute atomic E-state index is 12.2. The van der Waals surface area contributed by atoms with E-state index in [0.717, 1.165) is 37.7 Å². The summed E-state index contributed by atoms with van der Waals surface area (Å²) in [5.74, 6) is -0.226. The molecule has 4 aromatic rings. The minimum Gasteiger partial charge on any atom is -0.466 e. The summed E-state index contributed by atoms with van der Waals surface area (Å²) in [5, 5.41) is 10.2. The van der Waals surface area contributed by atoms with Gasteiger partial charge in [-0.15, -0.1) is 4.99 Å². The second-order valence-corrected chi connectivity index (χ2v) is 8.90. The average Bonchev–Trinajstić information content (AvgIpc) is 3.15. The number of nitrogens with zero attached hydrogens (tertiary/aromatic N) is 4. The molecule has 0 atom stereocenters. The van der Waals surface area contributed by atoms with Gasteiger partial charge in [0.25, 0.3) is 0 Å². The van der Waals surface area contributed by atoms with Crippen LogP contribution in [0.3, 0.4) is 0 Å². The van der Waals surface area contributed by atoms with Crippen molar-refractivity contribution in [1.29, 1.82) is 5.26 Å². The number of benzene rings is 2. The van der Waals surface area contributed by atoms with E-state index in [1.807, 2.05) is 53.2 Å². The van der Waals surface area contributed by atoms with Crippen molar-refractivity contribution in [1.82, 2.24) is 14.5 Å². The van der Waals surface area contributed by atoms with Crippen molar-refractivity contribution in [2.75, 3.05) is 19.8 Å². The van der Waals surface area contributed by atoms with Crippen LogP contribution in [0.1, 0.15) is 18.9 Å². The first kappa shape index (κ1) is 21.4. The van der Waals surface area contributed by atoms with Crippen molar-refractivity contribution in [3.8, 4) is 11.9 Å². The maximum Gasteiger partial charge on any atom is 0.306 e. The number of carbonyl (C=O) groups excluding carboxylic acids is 1. The summed E-state index contributed by atoms with van der Waals surface area (Å²) in [5.41, 5.74) is 4.34. The van der Waals surface area contributed by atoms with Crippen LogP contribution in [0.25, 0.3) is 27.6 Å². The van der Waals surface area contributed by atoms with Crippen LogP contribution in [0.5, 0.6) is 0 Å². The van der Waals surface area contributed by atoms with E-state index in [9.17, 15) is 10.1 Å². The number of pyridine rings is 1. The first-order chi connectivity index (χ1) is 16.0. The summed E-state index contributed by atoms with van der Waals surface area (Å²) < 4.78 is 13.5. The largest absolute Gasteiger partial charge is 0.466 e. The Kier molecular flexibility index (Phi) is 5.48. The summed E-state index contributed by atoms with van der Waals surface area (Å²) in [7, 11) is 0. The molecule has 1 aliphatic heterocycles. The molecule has 0 aliphatic carbocycles. The normalized spacial score (nSPS) is 15.4. The Morgan fingerprint density at radius 2 is 2.12 bits per heavy atom. The lowest BCUT2D eigenvalue weighted by Gasteiger charge is -2.41. The van der Waals surface area contributed by atoms with Gasteiger partial charge in [0.05, 0.1) is 54.4 Å². The van der Waals surface area contributed by atoms with Gasteiger partial charge in [-0.25, -0.2) is 0 Å². The van der Waals surface area contributed by atoms with E-state index in [1.54, 1.807) is 13.1 Å². The van der Waals surface area contributed by atoms with Gasteiger partial charge in [-0.3, -0.25) is 14.3 Å². The van der Waals surface area contributed by atoms with Crippen LogP contribution in [0.2, 0.25) is 0 Å². The van der Waals surface area contributed by atoms with E-state index in [2.05, 4.69) is 30.9 Å². The molecule has 8 nitrogen and oxygen atoms in total. The topological polar surface area (TPSA) is 105 Å². The molecule has 0 radical (unpaired) electrons. The smallest absolute Gasteiger partial charge is 0.306 e. The predicted octanol–water partition coefficient (Wildman–Crippen LogP) is 3.87. The molecular weight excluding hydrogens is 486 g/mol. The Bertz CT molecular complexity index is 1480. The van der Waals surface area contributed by atoms with Crippen LogP contribution >= 0.6 is 15.9 Å². The van der Waals surface area contributed by atoms with Gasteiger partial charge in [-0.2, -0.15) is 5.26 Å². The van der Waals surface area contributed by atoms with E-state index in [0.29, 0.717) is 25.4 Å². The van der Waals surface area contributed by atoms with E-state index in [1.165, 1.54) is 0 Å². The van der Waals surface area contributed by atoms with Crippen LogP contribution in [-0.4, -0.2) is 40.3 Å². The second-order valence-electron chi connectivity index (χ2n) is 7.98. The lowest BCUT2D eigenvalue weighted by molar-refractivity contribution is -0.151. The number of ether oxygens (including phenoxy) is 2. The highest BCUT2D eigenvalue weighted by Gasteiger charge is 2.42. The molecule has 1 fully saturated rings. The summed E-state index contributed by atoms with van der Waals surface area (Å²) in [6, 6.07) is 13.8. The fraction of sp³-hybridized carbons (Fsp3) is 0.250. The lowest BCUT2D eigenvalue weighted by atomic mass is 9.76. The van der Waals surface area contributed by atoms with Crippen molar-refractivity contribution in [3.63, 3.8) is 0 Å². The first-order valence-corrected chi connectivity index (χ1v) is 11.3. The van der Waals surface area contributed by atoms with Gasteiger partial charge < -0.3 is 14.5 Å². The molecular formula is C24H20BrN5O3. The van der Waals surface area contributed by atoms with E-state index >= 15 is 0 Å². The summed E-state index contributed by atoms with van der Waals surface area (Å²) in [6.07, 6.45) is 3.90. The molecule has 9 heteroatoms. The van der Waals surface area contributed by atoms with Gasteiger partial charge in [-0.05, 0) is 42.8 Å². The van der Waals surface area contributed by atoms with Gasteiger partial charge in [0.1, 0.15) is 0 Å². The number of nitrogens with one attached hydrogen (secondary N) is 1. The van der Waals surface area contributed by atoms with Gasteiger partial charge in [0.15, 0.2) is 0 Å². The highest BCUT2D eigenvalue weighted by Crippen LogP contribution is 2.37. The SMILES string of the molecule is CCOC(=O)CC1(c2ccc(-n3/c(=N\C#N)[nH]c4cnc5ccc(Br)cc5c43)cc2)COC1. The van der Waals surface area contributed by atoms with Crippen molar-refractivity contribution >= 4 is 43.8 Å². The highest BCUT2D eigenvalue weighted by molar-refractivity contribution is 9.10. The van der Waals surface area contributed by atoms with E-state index in [-0.39, 0.29) is 17.8 Å². The number of rotatable bonds is 5. The molecule has 1 N–H and O–H groups in total. The Balaban J connectivity index is 1.64. The number of hydrogen-bond acceptors (Lipinski definition) is 6. The molecule has 0 amide bonds. The monoisotopic (exact) mass is 505 g/mol. The molecule has 3 heterocycles. The average molecular weight is 506 g/mol. The zero-order valence-electron chi connectivity index (χ0n) is 17.8. The second kappa shape index (κ2) is 8.46. The van der Waals surface area contributed by atoms with Crippen LogP contribution in [0, 0.1) is 11.5 Å². The maximum atomic E-state index is 12.2. The molecule has 166 valence electrons. The number of hydrogen-bond donors (Lipinski definition) is 1. The van der Waals surface area contributed by atoms with Crippen molar-refractivity contribution in [2.24, 2.45) is 4.99 Å². The first-order valence-electron chi connectivity index (χ1n) is 10.5. The minimum absolute atomic E-state index is 0.226. The predicted molar refractivity (Wildman–Crippen MR) is 126 cm³/mol. The lowest BCUT2D eigenvalue weighted by Crippen LogP contribution is -2.48. The molecule has 2 aromatic heterocycles. The number of imidazole rings is 1. The minimum atomic E-state index is -0.378. The van der Waals surface area contributed by atoms with Gasteiger partial charge in [0, 0.05) is 15.5 Å². The summed E-state index contributed by atoms with van der Waals surface area (Å²) in [6.45, 7) is 3.11. The molecule has 2 aromatic carbocycles. The van der Waals surface area contributed by atoms with Gasteiger partial charge in [0.2, 0.25) is 11.8 Å². The number of fused-ring (bicyclic) bond motifs is 3. The Hall–Kier alpha value is -3.48. The number of carbonyl (C=O) groups is 1. The van der Waals surface area contributed by atoms with Crippen molar-refractivity contribution in [2.45, 2.75) is 18.8 Å². The fourth-order valence-electron chi connectivity index (χ4n) is 4.31. The number of aromatic amines is 1. The van der Waals surface area contributed by atoms with Gasteiger partial charge >= 0.3 is 5.97 Å². The van der Waals surface area contributed by atoms with Crippen LogP contribution in [0.15, 0.2) is 58.1 Å². The zero-order valence-corrected chi connectivity index (χ0v) is 19.4. The quantitative estimate of drug-likeness (QED) is 0.327. The number of aromatic nitrogens is 3. The third-order valence-corrected chi connectivity index (χ3v) is 6.42. The Morgan fingerprint density at radius 3 is 2.79 bits per heavy atom. The summed E-state index contributed by atoms with van der Waals surface area (Å²) >= 11 is 3.54. The molecule has 1 saturated heterocycles. The van der Waals surface area contributed by atoms with Crippen molar-refractivity contribution < 1.29 is 14.3 Å². The van der Waals surface area contributed by atoms with E-state index < -0.39 is 0 Å². The standard InChI is InChI=1S/C24H20BrN5O3/c1-2-33-21(31)10-24(12-32-13-24)15-3-6-17(7-4-15)30-22-18-9-16(25)5-8-19(18)27-11-20(22)29-23(30)28-14-26/h3-9,11H,2,10,12-13H2,1H3,(H,28,29).